The standard InChI is InChI=1S/2C11H15NO3S/c2*13-11(10-7-4-8-12-10)16(14,15)9-5-2-1-3-6-9/h2*1-3,5-6,10-13H,4,7-8H2/t2*10-,11+/m10/s1. The van der Waals surface area contributed by atoms with Crippen LogP contribution < -0.4 is 10.6 Å². The highest BCUT2D eigenvalue weighted by Gasteiger charge is 2.35. The minimum absolute atomic E-state index is 0.177. The van der Waals surface area contributed by atoms with Gasteiger partial charge in [-0.1, -0.05) is 36.4 Å². The molecule has 2 aliphatic rings. The van der Waals surface area contributed by atoms with E-state index in [0.717, 1.165) is 25.9 Å². The highest BCUT2D eigenvalue weighted by atomic mass is 32.2. The third-order valence-electron chi connectivity index (χ3n) is 5.66. The molecule has 2 aliphatic heterocycles. The molecule has 0 aromatic heterocycles. The van der Waals surface area contributed by atoms with Gasteiger partial charge in [0.1, 0.15) is 0 Å². The largest absolute Gasteiger partial charge is 0.375 e. The van der Waals surface area contributed by atoms with Crippen LogP contribution in [0.1, 0.15) is 25.7 Å². The third-order valence-corrected chi connectivity index (χ3v) is 9.45. The maximum Gasteiger partial charge on any atom is 0.206 e. The van der Waals surface area contributed by atoms with E-state index in [2.05, 4.69) is 10.6 Å². The van der Waals surface area contributed by atoms with Crippen LogP contribution in [0.4, 0.5) is 0 Å². The first-order valence-electron chi connectivity index (χ1n) is 10.7. The van der Waals surface area contributed by atoms with E-state index in [9.17, 15) is 27.0 Å². The summed E-state index contributed by atoms with van der Waals surface area (Å²) in [6, 6.07) is 15.5. The van der Waals surface area contributed by atoms with Gasteiger partial charge in [-0.2, -0.15) is 0 Å². The molecule has 2 aromatic carbocycles. The number of sulfone groups is 2. The van der Waals surface area contributed by atoms with Gasteiger partial charge in [-0.05, 0) is 63.0 Å². The third kappa shape index (κ3) is 5.75. The quantitative estimate of drug-likeness (QED) is 0.480. The molecule has 0 amide bonds. The molecule has 2 saturated heterocycles. The molecule has 0 saturated carbocycles. The summed E-state index contributed by atoms with van der Waals surface area (Å²) in [5, 5.41) is 25.8. The minimum atomic E-state index is -3.63. The fourth-order valence-corrected chi connectivity index (χ4v) is 6.80. The Bertz CT molecular complexity index is 963. The van der Waals surface area contributed by atoms with Crippen LogP contribution in [0.25, 0.3) is 0 Å². The van der Waals surface area contributed by atoms with Crippen LogP contribution in [0.2, 0.25) is 0 Å². The lowest BCUT2D eigenvalue weighted by Gasteiger charge is -2.18. The van der Waals surface area contributed by atoms with Crippen molar-refractivity contribution >= 4 is 19.7 Å². The summed E-state index contributed by atoms with van der Waals surface area (Å²) in [5.41, 5.74) is -2.70. The number of hydrogen-bond acceptors (Lipinski definition) is 8. The van der Waals surface area contributed by atoms with Crippen molar-refractivity contribution in [2.24, 2.45) is 0 Å². The normalized spacial score (nSPS) is 23.2. The molecule has 0 radical (unpaired) electrons. The van der Waals surface area contributed by atoms with Gasteiger partial charge in [0.2, 0.25) is 19.7 Å². The van der Waals surface area contributed by atoms with Gasteiger partial charge in [0, 0.05) is 12.1 Å². The van der Waals surface area contributed by atoms with E-state index in [1.54, 1.807) is 36.4 Å². The van der Waals surface area contributed by atoms with Gasteiger partial charge in [0.05, 0.1) is 9.79 Å². The smallest absolute Gasteiger partial charge is 0.206 e. The molecule has 2 aromatic rings. The zero-order valence-corrected chi connectivity index (χ0v) is 19.3. The molecule has 32 heavy (non-hydrogen) atoms. The minimum Gasteiger partial charge on any atom is -0.375 e. The number of benzene rings is 2. The second kappa shape index (κ2) is 10.9. The van der Waals surface area contributed by atoms with E-state index in [1.807, 2.05) is 0 Å². The van der Waals surface area contributed by atoms with E-state index < -0.39 is 30.5 Å². The van der Waals surface area contributed by atoms with Gasteiger partial charge in [-0.3, -0.25) is 0 Å². The molecule has 2 heterocycles. The molecule has 4 N–H and O–H groups in total. The van der Waals surface area contributed by atoms with Gasteiger partial charge in [0.25, 0.3) is 0 Å². The SMILES string of the molecule is O=S(=O)(c1ccccc1)[C@@H](O)[C@@H]1CCCN1.O=S(=O)(c1ccccc1)[C@H](O)[C@H]1CCCN1. The Hall–Kier alpha value is -1.82. The second-order valence-electron chi connectivity index (χ2n) is 7.90. The zero-order chi connectivity index (χ0) is 23.2. The van der Waals surface area contributed by atoms with Gasteiger partial charge in [-0.15, -0.1) is 0 Å². The maximum atomic E-state index is 12.0. The zero-order valence-electron chi connectivity index (χ0n) is 17.7. The van der Waals surface area contributed by atoms with Crippen LogP contribution >= 0.6 is 0 Å². The number of hydrogen-bond donors (Lipinski definition) is 4. The number of aliphatic hydroxyl groups is 2. The number of aliphatic hydroxyl groups excluding tert-OH is 2. The molecule has 0 bridgehead atoms. The van der Waals surface area contributed by atoms with E-state index >= 15 is 0 Å². The lowest BCUT2D eigenvalue weighted by molar-refractivity contribution is 0.207. The first-order valence-corrected chi connectivity index (χ1v) is 13.7. The molecule has 176 valence electrons. The van der Waals surface area contributed by atoms with Crippen molar-refractivity contribution in [3.63, 3.8) is 0 Å². The van der Waals surface area contributed by atoms with Crippen LogP contribution in [0.5, 0.6) is 0 Å². The van der Waals surface area contributed by atoms with Crippen molar-refractivity contribution < 1.29 is 27.0 Å². The second-order valence-corrected chi connectivity index (χ2v) is 12.0. The molecule has 0 spiro atoms. The average Bonchev–Trinajstić information content (AvgIpc) is 3.54. The summed E-state index contributed by atoms with van der Waals surface area (Å²) in [5.74, 6) is 0. The predicted octanol–water partition coefficient (Wildman–Crippen LogP) is 1.06. The van der Waals surface area contributed by atoms with Crippen molar-refractivity contribution in [3.05, 3.63) is 60.7 Å². The van der Waals surface area contributed by atoms with Gasteiger partial charge in [0.15, 0.2) is 10.9 Å². The molecular formula is C22H30N2O6S2. The summed E-state index contributed by atoms with van der Waals surface area (Å²) >= 11 is 0. The van der Waals surface area contributed by atoms with Crippen LogP contribution in [-0.4, -0.2) is 63.1 Å². The van der Waals surface area contributed by atoms with E-state index in [4.69, 9.17) is 0 Å². The van der Waals surface area contributed by atoms with Crippen LogP contribution in [0.3, 0.4) is 0 Å². The summed E-state index contributed by atoms with van der Waals surface area (Å²) in [6.07, 6.45) is 3.22. The summed E-state index contributed by atoms with van der Waals surface area (Å²) in [6.45, 7) is 1.54. The Morgan fingerprint density at radius 3 is 1.28 bits per heavy atom. The lowest BCUT2D eigenvalue weighted by Crippen LogP contribution is -2.40. The highest BCUT2D eigenvalue weighted by molar-refractivity contribution is 7.92. The van der Waals surface area contributed by atoms with E-state index in [-0.39, 0.29) is 21.9 Å². The first kappa shape index (κ1) is 24.8. The molecule has 0 aliphatic carbocycles. The summed E-state index contributed by atoms with van der Waals surface area (Å²) in [4.78, 5) is 0.354. The Morgan fingerprint density at radius 1 is 0.656 bits per heavy atom. The Kier molecular flexibility index (Phi) is 8.43. The van der Waals surface area contributed by atoms with Crippen molar-refractivity contribution in [1.29, 1.82) is 0 Å². The molecule has 0 unspecified atom stereocenters. The predicted molar refractivity (Wildman–Crippen MR) is 121 cm³/mol. The van der Waals surface area contributed by atoms with Gasteiger partial charge >= 0.3 is 0 Å². The van der Waals surface area contributed by atoms with Gasteiger partial charge in [-0.25, -0.2) is 16.8 Å². The van der Waals surface area contributed by atoms with E-state index in [0.29, 0.717) is 12.8 Å². The molecule has 10 heteroatoms. The van der Waals surface area contributed by atoms with Crippen LogP contribution in [0, 0.1) is 0 Å². The Morgan fingerprint density at radius 2 is 1.00 bits per heavy atom. The molecule has 4 atom stereocenters. The maximum absolute atomic E-state index is 12.0. The fraction of sp³-hybridized carbons (Fsp3) is 0.455. The van der Waals surface area contributed by atoms with Gasteiger partial charge < -0.3 is 20.8 Å². The molecular weight excluding hydrogens is 452 g/mol. The summed E-state index contributed by atoms with van der Waals surface area (Å²) < 4.78 is 48.1. The van der Waals surface area contributed by atoms with Crippen LogP contribution in [0.15, 0.2) is 70.5 Å². The van der Waals surface area contributed by atoms with Crippen molar-refractivity contribution in [2.75, 3.05) is 13.1 Å². The fourth-order valence-electron chi connectivity index (χ4n) is 3.84. The molecule has 2 fully saturated rings. The average molecular weight is 483 g/mol. The van der Waals surface area contributed by atoms with Crippen LogP contribution in [-0.2, 0) is 19.7 Å². The Balaban J connectivity index is 0.000000181. The first-order chi connectivity index (χ1) is 15.2. The highest BCUT2D eigenvalue weighted by Crippen LogP contribution is 2.21. The summed E-state index contributed by atoms with van der Waals surface area (Å²) in [7, 11) is -7.26. The van der Waals surface area contributed by atoms with E-state index in [1.165, 1.54) is 24.3 Å². The Labute approximate surface area is 189 Å². The topological polar surface area (TPSA) is 133 Å². The number of rotatable bonds is 6. The van der Waals surface area contributed by atoms with Crippen molar-refractivity contribution in [3.8, 4) is 0 Å². The monoisotopic (exact) mass is 482 g/mol. The molecule has 4 rings (SSSR count). The van der Waals surface area contributed by atoms with Crippen molar-refractivity contribution in [2.45, 2.75) is 58.4 Å². The van der Waals surface area contributed by atoms with Crippen molar-refractivity contribution in [1.82, 2.24) is 10.6 Å². The molecule has 8 nitrogen and oxygen atoms in total. The number of nitrogens with one attached hydrogen (secondary N) is 2. The lowest BCUT2D eigenvalue weighted by atomic mass is 10.2.